The Morgan fingerprint density at radius 1 is 1.35 bits per heavy atom. The predicted molar refractivity (Wildman–Crippen MR) is 82.9 cm³/mol. The highest BCUT2D eigenvalue weighted by Gasteiger charge is 2.02. The standard InChI is InChI=1S/C14H16ClN3OS/c15-12-3-1-11(2-4-12)9-20-10-14(19)18-6-5-13-16-7-8-17-13/h1-4,7-8H,5-6,9-10H2,(H,16,17)(H,18,19). The third-order valence-corrected chi connectivity index (χ3v) is 3.91. The molecular weight excluding hydrogens is 294 g/mol. The molecule has 0 atom stereocenters. The van der Waals surface area contributed by atoms with Gasteiger partial charge in [0.2, 0.25) is 5.91 Å². The summed E-state index contributed by atoms with van der Waals surface area (Å²) >= 11 is 7.41. The number of rotatable bonds is 7. The van der Waals surface area contributed by atoms with E-state index in [0.717, 1.165) is 23.0 Å². The zero-order chi connectivity index (χ0) is 14.2. The molecule has 0 saturated carbocycles. The third-order valence-electron chi connectivity index (χ3n) is 2.65. The summed E-state index contributed by atoms with van der Waals surface area (Å²) in [5, 5.41) is 3.61. The number of carbonyl (C=O) groups excluding carboxylic acids is 1. The Balaban J connectivity index is 1.59. The number of H-pyrrole nitrogens is 1. The van der Waals surface area contributed by atoms with Crippen molar-refractivity contribution in [3.05, 3.63) is 53.1 Å². The van der Waals surface area contributed by atoms with Crippen LogP contribution in [0.3, 0.4) is 0 Å². The van der Waals surface area contributed by atoms with E-state index in [1.807, 2.05) is 24.3 Å². The Morgan fingerprint density at radius 2 is 2.15 bits per heavy atom. The number of hydrogen-bond acceptors (Lipinski definition) is 3. The lowest BCUT2D eigenvalue weighted by Crippen LogP contribution is -2.27. The molecule has 1 amide bonds. The Hall–Kier alpha value is -1.46. The molecule has 0 aliphatic heterocycles. The number of thioether (sulfide) groups is 1. The third kappa shape index (κ3) is 5.27. The fourth-order valence-electron chi connectivity index (χ4n) is 1.65. The molecule has 0 aliphatic rings. The summed E-state index contributed by atoms with van der Waals surface area (Å²) < 4.78 is 0. The molecule has 0 saturated heterocycles. The van der Waals surface area contributed by atoms with Crippen LogP contribution in [-0.4, -0.2) is 28.2 Å². The lowest BCUT2D eigenvalue weighted by molar-refractivity contribution is -0.118. The summed E-state index contributed by atoms with van der Waals surface area (Å²) in [6.07, 6.45) is 4.21. The maximum atomic E-state index is 11.6. The Morgan fingerprint density at radius 3 is 2.85 bits per heavy atom. The largest absolute Gasteiger partial charge is 0.355 e. The lowest BCUT2D eigenvalue weighted by Gasteiger charge is -2.04. The van der Waals surface area contributed by atoms with Gasteiger partial charge in [0.1, 0.15) is 5.82 Å². The molecule has 106 valence electrons. The van der Waals surface area contributed by atoms with E-state index in [2.05, 4.69) is 15.3 Å². The van der Waals surface area contributed by atoms with Gasteiger partial charge in [0.15, 0.2) is 0 Å². The quantitative estimate of drug-likeness (QED) is 0.826. The summed E-state index contributed by atoms with van der Waals surface area (Å²) in [6, 6.07) is 7.68. The molecule has 6 heteroatoms. The molecule has 1 heterocycles. The van der Waals surface area contributed by atoms with Crippen molar-refractivity contribution in [1.82, 2.24) is 15.3 Å². The molecule has 1 aromatic heterocycles. The van der Waals surface area contributed by atoms with Gasteiger partial charge in [0, 0.05) is 36.1 Å². The van der Waals surface area contributed by atoms with Gasteiger partial charge in [-0.2, -0.15) is 0 Å². The molecule has 0 bridgehead atoms. The SMILES string of the molecule is O=C(CSCc1ccc(Cl)cc1)NCCc1ncc[nH]1. The number of carbonyl (C=O) groups is 1. The average molecular weight is 310 g/mol. The second-order valence-corrected chi connectivity index (χ2v) is 5.68. The van der Waals surface area contributed by atoms with Gasteiger partial charge in [-0.05, 0) is 17.7 Å². The summed E-state index contributed by atoms with van der Waals surface area (Å²) in [5.74, 6) is 2.21. The number of hydrogen-bond donors (Lipinski definition) is 2. The predicted octanol–water partition coefficient (Wildman–Crippen LogP) is 2.66. The molecule has 2 N–H and O–H groups in total. The molecule has 0 fully saturated rings. The fourth-order valence-corrected chi connectivity index (χ4v) is 2.59. The molecule has 0 unspecified atom stereocenters. The van der Waals surface area contributed by atoms with Gasteiger partial charge < -0.3 is 10.3 Å². The summed E-state index contributed by atoms with van der Waals surface area (Å²) in [6.45, 7) is 0.605. The first-order valence-corrected chi connectivity index (χ1v) is 7.84. The maximum absolute atomic E-state index is 11.6. The van der Waals surface area contributed by atoms with Crippen molar-refractivity contribution >= 4 is 29.3 Å². The van der Waals surface area contributed by atoms with E-state index < -0.39 is 0 Å². The Labute approximate surface area is 127 Å². The first-order chi connectivity index (χ1) is 9.74. The number of nitrogens with one attached hydrogen (secondary N) is 2. The van der Waals surface area contributed by atoms with Crippen LogP contribution < -0.4 is 5.32 Å². The molecule has 2 rings (SSSR count). The molecular formula is C14H16ClN3OS. The number of imidazole rings is 1. The van der Waals surface area contributed by atoms with Crippen molar-refractivity contribution in [1.29, 1.82) is 0 Å². The highest BCUT2D eigenvalue weighted by atomic mass is 35.5. The fraction of sp³-hybridized carbons (Fsp3) is 0.286. The molecule has 0 aliphatic carbocycles. The van der Waals surface area contributed by atoms with Crippen LogP contribution in [0.15, 0.2) is 36.7 Å². The van der Waals surface area contributed by atoms with E-state index in [-0.39, 0.29) is 5.91 Å². The lowest BCUT2D eigenvalue weighted by atomic mass is 10.2. The van der Waals surface area contributed by atoms with Crippen LogP contribution in [0.2, 0.25) is 5.02 Å². The van der Waals surface area contributed by atoms with E-state index in [4.69, 9.17) is 11.6 Å². The number of halogens is 1. The van der Waals surface area contributed by atoms with E-state index >= 15 is 0 Å². The molecule has 4 nitrogen and oxygen atoms in total. The smallest absolute Gasteiger partial charge is 0.230 e. The van der Waals surface area contributed by atoms with Crippen molar-refractivity contribution < 1.29 is 4.79 Å². The van der Waals surface area contributed by atoms with Gasteiger partial charge in [-0.25, -0.2) is 4.98 Å². The zero-order valence-corrected chi connectivity index (χ0v) is 12.5. The normalized spacial score (nSPS) is 10.4. The molecule has 1 aromatic carbocycles. The summed E-state index contributed by atoms with van der Waals surface area (Å²) in [7, 11) is 0. The van der Waals surface area contributed by atoms with Gasteiger partial charge in [-0.3, -0.25) is 4.79 Å². The highest BCUT2D eigenvalue weighted by molar-refractivity contribution is 7.99. The van der Waals surface area contributed by atoms with E-state index in [0.29, 0.717) is 12.3 Å². The number of aromatic amines is 1. The van der Waals surface area contributed by atoms with Gasteiger partial charge in [0.05, 0.1) is 5.75 Å². The first-order valence-electron chi connectivity index (χ1n) is 6.31. The monoisotopic (exact) mass is 309 g/mol. The summed E-state index contributed by atoms with van der Waals surface area (Å²) in [5.41, 5.74) is 1.17. The van der Waals surface area contributed by atoms with E-state index in [1.54, 1.807) is 24.2 Å². The number of nitrogens with zero attached hydrogens (tertiary/aromatic N) is 1. The average Bonchev–Trinajstić information content (AvgIpc) is 2.94. The first kappa shape index (κ1) is 14.9. The van der Waals surface area contributed by atoms with Gasteiger partial charge in [0.25, 0.3) is 0 Å². The van der Waals surface area contributed by atoms with Crippen LogP contribution >= 0.6 is 23.4 Å². The second kappa shape index (κ2) is 7.97. The minimum absolute atomic E-state index is 0.0514. The number of aromatic nitrogens is 2. The maximum Gasteiger partial charge on any atom is 0.230 e. The van der Waals surface area contributed by atoms with Crippen LogP contribution in [-0.2, 0) is 17.0 Å². The van der Waals surface area contributed by atoms with Gasteiger partial charge in [-0.1, -0.05) is 23.7 Å². The topological polar surface area (TPSA) is 57.8 Å². The van der Waals surface area contributed by atoms with Crippen molar-refractivity contribution in [2.45, 2.75) is 12.2 Å². The minimum Gasteiger partial charge on any atom is -0.355 e. The highest BCUT2D eigenvalue weighted by Crippen LogP contribution is 2.15. The van der Waals surface area contributed by atoms with Crippen LogP contribution in [0, 0.1) is 0 Å². The van der Waals surface area contributed by atoms with Gasteiger partial charge >= 0.3 is 0 Å². The van der Waals surface area contributed by atoms with E-state index in [9.17, 15) is 4.79 Å². The Kier molecular flexibility index (Phi) is 5.95. The van der Waals surface area contributed by atoms with Gasteiger partial charge in [-0.15, -0.1) is 11.8 Å². The van der Waals surface area contributed by atoms with Crippen molar-refractivity contribution in [3.63, 3.8) is 0 Å². The van der Waals surface area contributed by atoms with Crippen molar-refractivity contribution in [2.24, 2.45) is 0 Å². The summed E-state index contributed by atoms with van der Waals surface area (Å²) in [4.78, 5) is 18.7. The second-order valence-electron chi connectivity index (χ2n) is 4.26. The van der Waals surface area contributed by atoms with Crippen molar-refractivity contribution in [3.8, 4) is 0 Å². The van der Waals surface area contributed by atoms with Crippen LogP contribution in [0.5, 0.6) is 0 Å². The number of amides is 1. The molecule has 0 radical (unpaired) electrons. The van der Waals surface area contributed by atoms with Crippen LogP contribution in [0.1, 0.15) is 11.4 Å². The molecule has 0 spiro atoms. The number of benzene rings is 1. The van der Waals surface area contributed by atoms with Crippen molar-refractivity contribution in [2.75, 3.05) is 12.3 Å². The Bertz CT molecular complexity index is 528. The van der Waals surface area contributed by atoms with E-state index in [1.165, 1.54) is 5.56 Å². The molecule has 20 heavy (non-hydrogen) atoms. The minimum atomic E-state index is 0.0514. The molecule has 2 aromatic rings. The zero-order valence-electron chi connectivity index (χ0n) is 10.9. The van der Waals surface area contributed by atoms with Crippen LogP contribution in [0.25, 0.3) is 0 Å². The van der Waals surface area contributed by atoms with Crippen LogP contribution in [0.4, 0.5) is 0 Å².